The lowest BCUT2D eigenvalue weighted by molar-refractivity contribution is 0.556. The second kappa shape index (κ2) is 11.3. The van der Waals surface area contributed by atoms with Gasteiger partial charge < -0.3 is 0 Å². The number of aryl methyl sites for hydroxylation is 1. The highest BCUT2D eigenvalue weighted by Crippen LogP contribution is 2.12. The SMILES string of the molecule is CCCCCCCCCCCCc1[c]cccc1. The van der Waals surface area contributed by atoms with Crippen molar-refractivity contribution in [1.29, 1.82) is 0 Å². The fraction of sp³-hybridized carbons (Fsp3) is 0.667. The Morgan fingerprint density at radius 1 is 0.778 bits per heavy atom. The molecule has 0 heteroatoms. The molecule has 0 aliphatic rings. The van der Waals surface area contributed by atoms with Crippen molar-refractivity contribution in [2.75, 3.05) is 0 Å². The van der Waals surface area contributed by atoms with Crippen LogP contribution in [0.3, 0.4) is 0 Å². The molecule has 0 unspecified atom stereocenters. The molecule has 101 valence electrons. The third kappa shape index (κ3) is 8.33. The molecular formula is C18H29. The Labute approximate surface area is 114 Å². The Bertz CT molecular complexity index is 263. The molecule has 0 fully saturated rings. The highest BCUT2D eigenvalue weighted by atomic mass is 14.0. The van der Waals surface area contributed by atoms with Gasteiger partial charge in [-0.3, -0.25) is 0 Å². The third-order valence-electron chi connectivity index (χ3n) is 3.57. The van der Waals surface area contributed by atoms with Crippen LogP contribution in [0.1, 0.15) is 76.7 Å². The number of hydrogen-bond acceptors (Lipinski definition) is 0. The van der Waals surface area contributed by atoms with E-state index in [1.807, 2.05) is 12.1 Å². The van der Waals surface area contributed by atoms with Crippen LogP contribution in [0.2, 0.25) is 0 Å². The molecule has 1 radical (unpaired) electrons. The van der Waals surface area contributed by atoms with Crippen molar-refractivity contribution in [2.45, 2.75) is 77.6 Å². The first-order chi connectivity index (χ1) is 8.93. The van der Waals surface area contributed by atoms with Crippen molar-refractivity contribution >= 4 is 0 Å². The summed E-state index contributed by atoms with van der Waals surface area (Å²) < 4.78 is 0. The standard InChI is InChI=1S/C18H29/c1-2-3-4-5-6-7-8-9-10-12-15-18-16-13-11-14-17-18/h11,13-14,16H,2-10,12,15H2,1H3. The molecular weight excluding hydrogens is 216 g/mol. The smallest absolute Gasteiger partial charge is 0.0149 e. The summed E-state index contributed by atoms with van der Waals surface area (Å²) in [6.07, 6.45) is 15.3. The topological polar surface area (TPSA) is 0 Å². The summed E-state index contributed by atoms with van der Waals surface area (Å²) in [6.45, 7) is 2.28. The van der Waals surface area contributed by atoms with Crippen LogP contribution < -0.4 is 0 Å². The minimum Gasteiger partial charge on any atom is -0.0654 e. The zero-order valence-corrected chi connectivity index (χ0v) is 12.1. The molecule has 0 saturated heterocycles. The first kappa shape index (κ1) is 15.3. The summed E-state index contributed by atoms with van der Waals surface area (Å²) in [7, 11) is 0. The average Bonchev–Trinajstić information content (AvgIpc) is 2.42. The van der Waals surface area contributed by atoms with E-state index < -0.39 is 0 Å². The van der Waals surface area contributed by atoms with Crippen molar-refractivity contribution in [3.8, 4) is 0 Å². The first-order valence-electron chi connectivity index (χ1n) is 7.89. The van der Waals surface area contributed by atoms with E-state index >= 15 is 0 Å². The Balaban J connectivity index is 1.82. The summed E-state index contributed by atoms with van der Waals surface area (Å²) in [5.41, 5.74) is 1.37. The van der Waals surface area contributed by atoms with E-state index in [9.17, 15) is 0 Å². The largest absolute Gasteiger partial charge is 0.0654 e. The minimum absolute atomic E-state index is 1.21. The van der Waals surface area contributed by atoms with Crippen molar-refractivity contribution in [1.82, 2.24) is 0 Å². The van der Waals surface area contributed by atoms with Gasteiger partial charge in [0.05, 0.1) is 0 Å². The van der Waals surface area contributed by atoms with Gasteiger partial charge in [-0.05, 0) is 24.5 Å². The molecule has 18 heavy (non-hydrogen) atoms. The quantitative estimate of drug-likeness (QED) is 0.423. The normalized spacial score (nSPS) is 10.7. The summed E-state index contributed by atoms with van der Waals surface area (Å²) in [6, 6.07) is 11.7. The van der Waals surface area contributed by atoms with Gasteiger partial charge in [0.2, 0.25) is 0 Å². The Hall–Kier alpha value is -0.780. The predicted octanol–water partition coefficient (Wildman–Crippen LogP) is 5.95. The number of rotatable bonds is 11. The minimum atomic E-state index is 1.21. The van der Waals surface area contributed by atoms with Gasteiger partial charge in [-0.25, -0.2) is 0 Å². The lowest BCUT2D eigenvalue weighted by Gasteiger charge is -2.02. The van der Waals surface area contributed by atoms with Crippen molar-refractivity contribution in [3.05, 3.63) is 35.9 Å². The maximum absolute atomic E-state index is 3.30. The molecule has 0 N–H and O–H groups in total. The van der Waals surface area contributed by atoms with Crippen molar-refractivity contribution in [2.24, 2.45) is 0 Å². The van der Waals surface area contributed by atoms with Crippen LogP contribution in [0.25, 0.3) is 0 Å². The van der Waals surface area contributed by atoms with Crippen LogP contribution in [0, 0.1) is 6.07 Å². The Morgan fingerprint density at radius 3 is 1.94 bits per heavy atom. The van der Waals surface area contributed by atoms with Gasteiger partial charge >= 0.3 is 0 Å². The third-order valence-corrected chi connectivity index (χ3v) is 3.57. The van der Waals surface area contributed by atoms with E-state index in [0.29, 0.717) is 0 Å². The first-order valence-corrected chi connectivity index (χ1v) is 7.89. The molecule has 0 aliphatic carbocycles. The predicted molar refractivity (Wildman–Crippen MR) is 80.8 cm³/mol. The number of unbranched alkanes of at least 4 members (excludes halogenated alkanes) is 9. The van der Waals surface area contributed by atoms with Gasteiger partial charge in [0.1, 0.15) is 0 Å². The van der Waals surface area contributed by atoms with Crippen LogP contribution in [0.4, 0.5) is 0 Å². The highest BCUT2D eigenvalue weighted by molar-refractivity contribution is 5.12. The Kier molecular flexibility index (Phi) is 9.61. The van der Waals surface area contributed by atoms with E-state index in [-0.39, 0.29) is 0 Å². The van der Waals surface area contributed by atoms with Crippen LogP contribution in [0.15, 0.2) is 24.3 Å². The van der Waals surface area contributed by atoms with E-state index in [2.05, 4.69) is 25.1 Å². The molecule has 0 nitrogen and oxygen atoms in total. The molecule has 0 aromatic heterocycles. The van der Waals surface area contributed by atoms with E-state index in [1.54, 1.807) is 0 Å². The monoisotopic (exact) mass is 245 g/mol. The summed E-state index contributed by atoms with van der Waals surface area (Å²) >= 11 is 0. The molecule has 0 heterocycles. The van der Waals surface area contributed by atoms with Gasteiger partial charge in [-0.2, -0.15) is 0 Å². The summed E-state index contributed by atoms with van der Waals surface area (Å²) in [4.78, 5) is 0. The van der Waals surface area contributed by atoms with Gasteiger partial charge in [-0.1, -0.05) is 89.0 Å². The molecule has 0 aliphatic heterocycles. The second-order valence-corrected chi connectivity index (χ2v) is 5.32. The van der Waals surface area contributed by atoms with E-state index in [0.717, 1.165) is 0 Å². The van der Waals surface area contributed by atoms with Crippen LogP contribution in [-0.2, 0) is 6.42 Å². The molecule has 0 atom stereocenters. The van der Waals surface area contributed by atoms with E-state index in [4.69, 9.17) is 0 Å². The molecule has 1 aromatic carbocycles. The fourth-order valence-electron chi connectivity index (χ4n) is 2.39. The molecule has 1 aromatic rings. The van der Waals surface area contributed by atoms with Gasteiger partial charge in [-0.15, -0.1) is 0 Å². The van der Waals surface area contributed by atoms with Gasteiger partial charge in [0.15, 0.2) is 0 Å². The van der Waals surface area contributed by atoms with E-state index in [1.165, 1.54) is 76.2 Å². The fourth-order valence-corrected chi connectivity index (χ4v) is 2.39. The van der Waals surface area contributed by atoms with Crippen LogP contribution >= 0.6 is 0 Å². The van der Waals surface area contributed by atoms with Crippen molar-refractivity contribution < 1.29 is 0 Å². The molecule has 0 bridgehead atoms. The van der Waals surface area contributed by atoms with Gasteiger partial charge in [0.25, 0.3) is 0 Å². The number of benzene rings is 1. The zero-order valence-electron chi connectivity index (χ0n) is 12.1. The summed E-state index contributed by atoms with van der Waals surface area (Å²) in [5, 5.41) is 0. The van der Waals surface area contributed by atoms with Crippen molar-refractivity contribution in [3.63, 3.8) is 0 Å². The van der Waals surface area contributed by atoms with Crippen LogP contribution in [0.5, 0.6) is 0 Å². The molecule has 0 spiro atoms. The lowest BCUT2D eigenvalue weighted by Crippen LogP contribution is -1.86. The molecule has 0 amide bonds. The highest BCUT2D eigenvalue weighted by Gasteiger charge is 1.94. The molecule has 1 rings (SSSR count). The summed E-state index contributed by atoms with van der Waals surface area (Å²) in [5.74, 6) is 0. The maximum Gasteiger partial charge on any atom is -0.0149 e. The Morgan fingerprint density at radius 2 is 1.39 bits per heavy atom. The number of hydrogen-bond donors (Lipinski definition) is 0. The lowest BCUT2D eigenvalue weighted by atomic mass is 10.0. The average molecular weight is 245 g/mol. The second-order valence-electron chi connectivity index (χ2n) is 5.32. The zero-order chi connectivity index (χ0) is 12.9. The van der Waals surface area contributed by atoms with Crippen LogP contribution in [-0.4, -0.2) is 0 Å². The van der Waals surface area contributed by atoms with Gasteiger partial charge in [0, 0.05) is 0 Å². The molecule has 0 saturated carbocycles. The maximum atomic E-state index is 3.30.